The molecule has 1 saturated carbocycles. The third-order valence-corrected chi connectivity index (χ3v) is 4.16. The highest BCUT2D eigenvalue weighted by atomic mass is 16.5. The Morgan fingerprint density at radius 3 is 2.67 bits per heavy atom. The first-order chi connectivity index (χ1) is 9.97. The Morgan fingerprint density at radius 2 is 2.10 bits per heavy atom. The molecule has 1 fully saturated rings. The lowest BCUT2D eigenvalue weighted by molar-refractivity contribution is 0.0687. The number of nitrogens with zero attached hydrogens (tertiary/aromatic N) is 1. The summed E-state index contributed by atoms with van der Waals surface area (Å²) >= 11 is 0. The first-order valence-corrected chi connectivity index (χ1v) is 7.47. The standard InChI is InChI=1S/C17H21NO3/c1-10(2)14-8-13(21-9-11-4-5-11)6-12-7-15(17(19)20)18(3)16(12)14/h6-8,10-11H,4-5,9H2,1-3H3,(H,19,20). The number of aromatic carboxylic acids is 1. The Morgan fingerprint density at radius 1 is 1.38 bits per heavy atom. The zero-order chi connectivity index (χ0) is 15.1. The minimum Gasteiger partial charge on any atom is -0.493 e. The number of aryl methyl sites for hydroxylation is 1. The minimum absolute atomic E-state index is 0.311. The predicted molar refractivity (Wildman–Crippen MR) is 82.2 cm³/mol. The van der Waals surface area contributed by atoms with Crippen molar-refractivity contribution < 1.29 is 14.6 Å². The average Bonchev–Trinajstić information content (AvgIpc) is 3.19. The van der Waals surface area contributed by atoms with E-state index in [1.54, 1.807) is 10.6 Å². The molecule has 0 saturated heterocycles. The first kappa shape index (κ1) is 14.0. The summed E-state index contributed by atoms with van der Waals surface area (Å²) in [5.41, 5.74) is 2.43. The number of carbonyl (C=O) groups is 1. The van der Waals surface area contributed by atoms with Gasteiger partial charge in [-0.2, -0.15) is 0 Å². The lowest BCUT2D eigenvalue weighted by Gasteiger charge is -2.13. The number of aromatic nitrogens is 1. The maximum Gasteiger partial charge on any atom is 0.352 e. The van der Waals surface area contributed by atoms with Gasteiger partial charge in [0.1, 0.15) is 11.4 Å². The lowest BCUT2D eigenvalue weighted by atomic mass is 10.00. The highest BCUT2D eigenvalue weighted by Crippen LogP contribution is 2.34. The highest BCUT2D eigenvalue weighted by Gasteiger charge is 2.23. The summed E-state index contributed by atoms with van der Waals surface area (Å²) in [6, 6.07) is 5.74. The van der Waals surface area contributed by atoms with Gasteiger partial charge in [0.2, 0.25) is 0 Å². The van der Waals surface area contributed by atoms with Gasteiger partial charge < -0.3 is 14.4 Å². The molecular formula is C17H21NO3. The quantitative estimate of drug-likeness (QED) is 0.910. The van der Waals surface area contributed by atoms with Crippen molar-refractivity contribution in [3.05, 3.63) is 29.5 Å². The van der Waals surface area contributed by atoms with Crippen LogP contribution in [0.2, 0.25) is 0 Å². The second kappa shape index (κ2) is 5.10. The monoisotopic (exact) mass is 287 g/mol. The number of fused-ring (bicyclic) bond motifs is 1. The van der Waals surface area contributed by atoms with Crippen LogP contribution in [0.15, 0.2) is 18.2 Å². The van der Waals surface area contributed by atoms with Crippen molar-refractivity contribution in [3.63, 3.8) is 0 Å². The van der Waals surface area contributed by atoms with Crippen LogP contribution in [0.4, 0.5) is 0 Å². The normalized spacial score (nSPS) is 14.9. The van der Waals surface area contributed by atoms with Crippen molar-refractivity contribution >= 4 is 16.9 Å². The number of carboxylic acids is 1. The van der Waals surface area contributed by atoms with Gasteiger partial charge in [0, 0.05) is 12.4 Å². The van der Waals surface area contributed by atoms with Gasteiger partial charge in [0.25, 0.3) is 0 Å². The fourth-order valence-corrected chi connectivity index (χ4v) is 2.74. The molecule has 1 aromatic carbocycles. The smallest absolute Gasteiger partial charge is 0.352 e. The third kappa shape index (κ3) is 2.62. The van der Waals surface area contributed by atoms with Crippen molar-refractivity contribution in [2.24, 2.45) is 13.0 Å². The molecule has 0 aliphatic heterocycles. The Labute approximate surface area is 124 Å². The Balaban J connectivity index is 2.09. The zero-order valence-electron chi connectivity index (χ0n) is 12.7. The molecule has 0 unspecified atom stereocenters. The minimum atomic E-state index is -0.899. The summed E-state index contributed by atoms with van der Waals surface area (Å²) in [5, 5.41) is 10.2. The van der Waals surface area contributed by atoms with Crippen molar-refractivity contribution in [1.82, 2.24) is 4.57 Å². The van der Waals surface area contributed by atoms with E-state index in [0.29, 0.717) is 17.5 Å². The SMILES string of the molecule is CC(C)c1cc(OCC2CC2)cc2cc(C(=O)O)n(C)c12. The van der Waals surface area contributed by atoms with Gasteiger partial charge in [0.05, 0.1) is 12.1 Å². The molecule has 1 aromatic heterocycles. The van der Waals surface area contributed by atoms with E-state index in [-0.39, 0.29) is 0 Å². The molecule has 112 valence electrons. The number of ether oxygens (including phenoxy) is 1. The van der Waals surface area contributed by atoms with Crippen LogP contribution in [0.25, 0.3) is 10.9 Å². The molecular weight excluding hydrogens is 266 g/mol. The van der Waals surface area contributed by atoms with Gasteiger partial charge in [0.15, 0.2) is 0 Å². The summed E-state index contributed by atoms with van der Waals surface area (Å²) in [6.45, 7) is 5.00. The van der Waals surface area contributed by atoms with Crippen molar-refractivity contribution in [1.29, 1.82) is 0 Å². The lowest BCUT2D eigenvalue weighted by Crippen LogP contribution is -2.05. The molecule has 0 atom stereocenters. The predicted octanol–water partition coefficient (Wildman–Crippen LogP) is 3.79. The number of hydrogen-bond donors (Lipinski definition) is 1. The van der Waals surface area contributed by atoms with Crippen molar-refractivity contribution in [2.75, 3.05) is 6.61 Å². The maximum atomic E-state index is 11.3. The summed E-state index contributed by atoms with van der Waals surface area (Å²) in [5.74, 6) is 0.963. The van der Waals surface area contributed by atoms with E-state index < -0.39 is 5.97 Å². The number of carboxylic acid groups (broad SMARTS) is 1. The molecule has 21 heavy (non-hydrogen) atoms. The molecule has 0 spiro atoms. The molecule has 1 aliphatic rings. The molecule has 4 nitrogen and oxygen atoms in total. The fraction of sp³-hybridized carbons (Fsp3) is 0.471. The summed E-state index contributed by atoms with van der Waals surface area (Å²) in [6.07, 6.45) is 2.52. The molecule has 0 radical (unpaired) electrons. The van der Waals surface area contributed by atoms with Gasteiger partial charge in [-0.1, -0.05) is 13.8 Å². The molecule has 1 heterocycles. The van der Waals surface area contributed by atoms with Crippen LogP contribution < -0.4 is 4.74 Å². The maximum absolute atomic E-state index is 11.3. The fourth-order valence-electron chi connectivity index (χ4n) is 2.74. The van der Waals surface area contributed by atoms with Crippen LogP contribution in [0.3, 0.4) is 0 Å². The molecule has 1 N–H and O–H groups in total. The zero-order valence-corrected chi connectivity index (χ0v) is 12.7. The second-order valence-electron chi connectivity index (χ2n) is 6.25. The van der Waals surface area contributed by atoms with E-state index in [1.165, 1.54) is 12.8 Å². The van der Waals surface area contributed by atoms with E-state index in [2.05, 4.69) is 19.9 Å². The first-order valence-electron chi connectivity index (χ1n) is 7.47. The summed E-state index contributed by atoms with van der Waals surface area (Å²) < 4.78 is 7.64. The topological polar surface area (TPSA) is 51.5 Å². The van der Waals surface area contributed by atoms with Crippen LogP contribution in [0, 0.1) is 5.92 Å². The number of hydrogen-bond acceptors (Lipinski definition) is 2. The molecule has 2 aromatic rings. The molecule has 3 rings (SSSR count). The van der Waals surface area contributed by atoms with E-state index in [0.717, 1.165) is 28.8 Å². The number of rotatable bonds is 5. The van der Waals surface area contributed by atoms with Gasteiger partial charge in [-0.25, -0.2) is 4.79 Å². The van der Waals surface area contributed by atoms with E-state index >= 15 is 0 Å². The van der Waals surface area contributed by atoms with E-state index in [9.17, 15) is 9.90 Å². The summed E-state index contributed by atoms with van der Waals surface area (Å²) in [4.78, 5) is 11.3. The molecule has 0 amide bonds. The molecule has 0 bridgehead atoms. The van der Waals surface area contributed by atoms with Crippen molar-refractivity contribution in [2.45, 2.75) is 32.6 Å². The van der Waals surface area contributed by atoms with Gasteiger partial charge in [-0.15, -0.1) is 0 Å². The number of benzene rings is 1. The van der Waals surface area contributed by atoms with E-state index in [4.69, 9.17) is 4.74 Å². The van der Waals surface area contributed by atoms with Gasteiger partial charge >= 0.3 is 5.97 Å². The van der Waals surface area contributed by atoms with Crippen LogP contribution in [0.1, 0.15) is 48.7 Å². The Bertz CT molecular complexity index is 696. The van der Waals surface area contributed by atoms with Crippen LogP contribution in [-0.2, 0) is 7.05 Å². The third-order valence-electron chi connectivity index (χ3n) is 4.16. The second-order valence-corrected chi connectivity index (χ2v) is 6.25. The molecule has 1 aliphatic carbocycles. The van der Waals surface area contributed by atoms with Crippen LogP contribution in [0.5, 0.6) is 5.75 Å². The average molecular weight is 287 g/mol. The van der Waals surface area contributed by atoms with Crippen LogP contribution in [-0.4, -0.2) is 22.2 Å². The van der Waals surface area contributed by atoms with Gasteiger partial charge in [-0.3, -0.25) is 0 Å². The molecule has 4 heteroatoms. The van der Waals surface area contributed by atoms with Crippen LogP contribution >= 0.6 is 0 Å². The van der Waals surface area contributed by atoms with Gasteiger partial charge in [-0.05, 0) is 48.4 Å². The van der Waals surface area contributed by atoms with Crippen molar-refractivity contribution in [3.8, 4) is 5.75 Å². The summed E-state index contributed by atoms with van der Waals surface area (Å²) in [7, 11) is 1.81. The Kier molecular flexibility index (Phi) is 3.40. The Hall–Kier alpha value is -1.97. The highest BCUT2D eigenvalue weighted by molar-refractivity contribution is 5.96. The van der Waals surface area contributed by atoms with E-state index in [1.807, 2.05) is 13.1 Å². The largest absolute Gasteiger partial charge is 0.493 e.